The summed E-state index contributed by atoms with van der Waals surface area (Å²) in [6.45, 7) is 0.568. The van der Waals surface area contributed by atoms with Crippen molar-refractivity contribution in [1.29, 1.82) is 0 Å². The summed E-state index contributed by atoms with van der Waals surface area (Å²) in [4.78, 5) is 27.7. The van der Waals surface area contributed by atoms with Crippen molar-refractivity contribution >= 4 is 11.9 Å². The Bertz CT molecular complexity index is 1120. The van der Waals surface area contributed by atoms with Gasteiger partial charge in [0.15, 0.2) is 23.4 Å². The molecule has 0 aromatic heterocycles. The van der Waals surface area contributed by atoms with Crippen LogP contribution in [0.3, 0.4) is 0 Å². The monoisotopic (exact) mass is 435 g/mol. The summed E-state index contributed by atoms with van der Waals surface area (Å²) in [7, 11) is 1.58. The molecule has 0 unspecified atom stereocenters. The zero-order chi connectivity index (χ0) is 22.1. The van der Waals surface area contributed by atoms with Crippen molar-refractivity contribution in [1.82, 2.24) is 4.90 Å². The minimum atomic E-state index is -1.26. The molecule has 2 aliphatic heterocycles. The summed E-state index contributed by atoms with van der Waals surface area (Å²) in [5.74, 6) is 1.15. The number of rotatable bonds is 3. The van der Waals surface area contributed by atoms with Gasteiger partial charge >= 0.3 is 6.09 Å². The first-order valence-electron chi connectivity index (χ1n) is 11.1. The van der Waals surface area contributed by atoms with Crippen LogP contribution in [0.1, 0.15) is 36.0 Å². The fourth-order valence-electron chi connectivity index (χ4n) is 6.50. The zero-order valence-corrected chi connectivity index (χ0v) is 17.9. The number of hydrogen-bond donors (Lipinski definition) is 1. The van der Waals surface area contributed by atoms with Gasteiger partial charge in [0.25, 0.3) is 0 Å². The Hall–Kier alpha value is -3.06. The third-order valence-electron chi connectivity index (χ3n) is 7.90. The first-order valence-corrected chi connectivity index (χ1v) is 11.1. The maximum Gasteiger partial charge on any atom is 0.410 e. The molecular formula is C25H25NO6. The number of aliphatic hydroxyl groups is 1. The van der Waals surface area contributed by atoms with Gasteiger partial charge in [0.1, 0.15) is 6.61 Å². The van der Waals surface area contributed by atoms with Gasteiger partial charge in [-0.15, -0.1) is 0 Å². The minimum absolute atomic E-state index is 0.000341. The van der Waals surface area contributed by atoms with Crippen LogP contribution >= 0.6 is 0 Å². The number of ketones is 1. The Balaban J connectivity index is 1.39. The van der Waals surface area contributed by atoms with E-state index in [0.29, 0.717) is 37.3 Å². The van der Waals surface area contributed by atoms with Crippen molar-refractivity contribution < 1.29 is 28.9 Å². The van der Waals surface area contributed by atoms with Crippen LogP contribution in [0.5, 0.6) is 11.5 Å². The van der Waals surface area contributed by atoms with Crippen LogP contribution in [0.25, 0.3) is 0 Å². The molecule has 1 saturated carbocycles. The molecule has 0 radical (unpaired) electrons. The van der Waals surface area contributed by atoms with E-state index in [4.69, 9.17) is 14.2 Å². The third-order valence-corrected chi connectivity index (χ3v) is 7.90. The van der Waals surface area contributed by atoms with E-state index in [9.17, 15) is 14.7 Å². The Labute approximate surface area is 185 Å². The normalized spacial score (nSPS) is 31.6. The highest BCUT2D eigenvalue weighted by atomic mass is 16.6. The average molecular weight is 435 g/mol. The number of carbonyl (C=O) groups excluding carboxylic acids is 2. The highest BCUT2D eigenvalue weighted by molar-refractivity contribution is 5.90. The van der Waals surface area contributed by atoms with Gasteiger partial charge < -0.3 is 24.2 Å². The average Bonchev–Trinajstić information content (AvgIpc) is 3.16. The summed E-state index contributed by atoms with van der Waals surface area (Å²) in [5.41, 5.74) is 0.673. The topological polar surface area (TPSA) is 85.3 Å². The van der Waals surface area contributed by atoms with Crippen molar-refractivity contribution in [3.05, 3.63) is 59.2 Å². The fraction of sp³-hybridized carbons (Fsp3) is 0.440. The van der Waals surface area contributed by atoms with Crippen molar-refractivity contribution in [3.8, 4) is 11.5 Å². The standard InChI is InChI=1S/C25H25NO6/c1-30-18-8-7-16-13-19-25(29)10-9-17(27)22-24(25,20(16)21(18)32-22)11-12-26(19)23(28)31-14-15-5-3-2-4-6-15/h2-8,19,22,29H,9-14H2,1H3/t19-,22+,24+,25-/m1/s1. The maximum absolute atomic E-state index is 13.1. The maximum atomic E-state index is 13.1. The van der Waals surface area contributed by atoms with Crippen molar-refractivity contribution in [3.63, 3.8) is 0 Å². The van der Waals surface area contributed by atoms with Crippen LogP contribution in [0.2, 0.25) is 0 Å². The molecule has 4 aliphatic rings. The molecule has 1 amide bonds. The number of carbonyl (C=O) groups is 2. The number of ether oxygens (including phenoxy) is 3. The Kier molecular flexibility index (Phi) is 4.12. The number of hydrogen-bond acceptors (Lipinski definition) is 6. The molecule has 2 aliphatic carbocycles. The van der Waals surface area contributed by atoms with E-state index in [1.165, 1.54) is 0 Å². The molecule has 1 spiro atoms. The summed E-state index contributed by atoms with van der Waals surface area (Å²) in [6.07, 6.45) is 0.245. The highest BCUT2D eigenvalue weighted by Crippen LogP contribution is 2.64. The molecule has 6 rings (SSSR count). The molecule has 2 aromatic rings. The number of likely N-dealkylation sites (tertiary alicyclic amines) is 1. The second kappa shape index (κ2) is 6.72. The first-order chi connectivity index (χ1) is 15.5. The van der Waals surface area contributed by atoms with Gasteiger partial charge in [0.2, 0.25) is 0 Å². The summed E-state index contributed by atoms with van der Waals surface area (Å²) < 4.78 is 17.3. The minimum Gasteiger partial charge on any atom is -0.493 e. The second-order valence-corrected chi connectivity index (χ2v) is 9.19. The van der Waals surface area contributed by atoms with E-state index in [2.05, 4.69) is 0 Å². The molecule has 2 bridgehead atoms. The summed E-state index contributed by atoms with van der Waals surface area (Å²) in [6, 6.07) is 12.9. The van der Waals surface area contributed by atoms with Crippen LogP contribution in [-0.2, 0) is 28.0 Å². The van der Waals surface area contributed by atoms with Crippen LogP contribution in [0.15, 0.2) is 42.5 Å². The molecule has 7 nitrogen and oxygen atoms in total. The highest BCUT2D eigenvalue weighted by Gasteiger charge is 2.73. The Morgan fingerprint density at radius 2 is 2.03 bits per heavy atom. The fourth-order valence-corrected chi connectivity index (χ4v) is 6.50. The van der Waals surface area contributed by atoms with Crippen molar-refractivity contribution in [2.75, 3.05) is 13.7 Å². The van der Waals surface area contributed by atoms with Gasteiger partial charge in [-0.2, -0.15) is 0 Å². The van der Waals surface area contributed by atoms with Gasteiger partial charge in [0.05, 0.1) is 24.2 Å². The first kappa shape index (κ1) is 19.6. The molecule has 7 heteroatoms. The molecular weight excluding hydrogens is 410 g/mol. The summed E-state index contributed by atoms with van der Waals surface area (Å²) >= 11 is 0. The van der Waals surface area contributed by atoms with Crippen LogP contribution < -0.4 is 9.47 Å². The lowest BCUT2D eigenvalue weighted by Crippen LogP contribution is -2.77. The predicted octanol–water partition coefficient (Wildman–Crippen LogP) is 2.76. The van der Waals surface area contributed by atoms with Gasteiger partial charge in [-0.25, -0.2) is 4.79 Å². The number of piperidine rings is 1. The smallest absolute Gasteiger partial charge is 0.410 e. The van der Waals surface area contributed by atoms with Crippen molar-refractivity contribution in [2.24, 2.45) is 0 Å². The van der Waals surface area contributed by atoms with Gasteiger partial charge in [-0.1, -0.05) is 36.4 Å². The molecule has 2 fully saturated rings. The lowest BCUT2D eigenvalue weighted by Gasteiger charge is -2.61. The van der Waals surface area contributed by atoms with Crippen LogP contribution in [0, 0.1) is 0 Å². The summed E-state index contributed by atoms with van der Waals surface area (Å²) in [5, 5.41) is 12.2. The third kappa shape index (κ3) is 2.34. The Morgan fingerprint density at radius 1 is 1.22 bits per heavy atom. The molecule has 1 saturated heterocycles. The lowest BCUT2D eigenvalue weighted by atomic mass is 9.49. The molecule has 2 heterocycles. The molecule has 166 valence electrons. The second-order valence-electron chi connectivity index (χ2n) is 9.19. The number of amides is 1. The number of methoxy groups -OCH3 is 1. The zero-order valence-electron chi connectivity index (χ0n) is 17.9. The van der Waals surface area contributed by atoms with E-state index in [1.807, 2.05) is 42.5 Å². The van der Waals surface area contributed by atoms with E-state index < -0.39 is 29.3 Å². The molecule has 2 aromatic carbocycles. The van der Waals surface area contributed by atoms with Crippen LogP contribution in [0.4, 0.5) is 4.79 Å². The molecule has 32 heavy (non-hydrogen) atoms. The molecule has 4 atom stereocenters. The lowest BCUT2D eigenvalue weighted by molar-refractivity contribution is -0.183. The van der Waals surface area contributed by atoms with Crippen molar-refractivity contribution in [2.45, 2.75) is 55.5 Å². The number of benzene rings is 2. The van der Waals surface area contributed by atoms with E-state index in [1.54, 1.807) is 12.0 Å². The molecule has 1 N–H and O–H groups in total. The SMILES string of the molecule is COc1ccc2c3c1O[C@H]1C(=O)CC[C@@]4(O)[C@@H](C2)N(C(=O)OCc2ccccc2)CC[C@]314. The van der Waals surface area contributed by atoms with E-state index >= 15 is 0 Å². The van der Waals surface area contributed by atoms with E-state index in [0.717, 1.165) is 16.7 Å². The van der Waals surface area contributed by atoms with Gasteiger partial charge in [0, 0.05) is 18.5 Å². The van der Waals surface area contributed by atoms with Gasteiger partial charge in [-0.3, -0.25) is 4.79 Å². The number of Topliss-reactive ketones (excluding diaryl/α,β-unsaturated/α-hetero) is 1. The predicted molar refractivity (Wildman–Crippen MR) is 114 cm³/mol. The van der Waals surface area contributed by atoms with Gasteiger partial charge in [-0.05, 0) is 36.5 Å². The largest absolute Gasteiger partial charge is 0.493 e. The van der Waals surface area contributed by atoms with E-state index in [-0.39, 0.29) is 18.8 Å². The van der Waals surface area contributed by atoms with Crippen LogP contribution in [-0.4, -0.2) is 53.3 Å². The Morgan fingerprint density at radius 3 is 2.81 bits per heavy atom. The quantitative estimate of drug-likeness (QED) is 0.798. The number of nitrogens with zero attached hydrogens (tertiary/aromatic N) is 1.